The topological polar surface area (TPSA) is 74.2 Å². The van der Waals surface area contributed by atoms with Gasteiger partial charge >= 0.3 is 6.03 Å². The minimum absolute atomic E-state index is 0.109. The Bertz CT molecular complexity index is 966. The van der Waals surface area contributed by atoms with Crippen LogP contribution in [0.1, 0.15) is 12.5 Å². The third-order valence-corrected chi connectivity index (χ3v) is 6.43. The van der Waals surface area contributed by atoms with Crippen LogP contribution >= 0.6 is 11.6 Å². The zero-order valence-electron chi connectivity index (χ0n) is 18.5. The van der Waals surface area contributed by atoms with Crippen LogP contribution in [0, 0.1) is 0 Å². The quantitative estimate of drug-likeness (QED) is 0.696. The minimum atomic E-state index is -0.180. The maximum Gasteiger partial charge on any atom is 0.344 e. The average Bonchev–Trinajstić information content (AvgIpc) is 3.30. The lowest BCUT2D eigenvalue weighted by molar-refractivity contribution is -0.116. The molecule has 2 aliphatic heterocycles. The molecule has 0 radical (unpaired) electrons. The number of carbonyl (C=O) groups is 2. The van der Waals surface area contributed by atoms with Crippen LogP contribution in [0.25, 0.3) is 0 Å². The van der Waals surface area contributed by atoms with Crippen LogP contribution in [0.4, 0.5) is 16.2 Å². The van der Waals surface area contributed by atoms with Crippen LogP contribution in [0.3, 0.4) is 0 Å². The number of aromatic nitrogens is 2. The molecule has 172 valence electrons. The standard InChI is InChI=1S/C22H29ClN6O3/c1-17(30)25(2)20-14-24-29(16-20)22(31)28-7-5-26(6-8-28)15-18-3-4-19(13-21(18)23)27-9-11-32-12-10-27/h3-4,13-14,16H,5-12,15H2,1-2H3. The molecule has 9 nitrogen and oxygen atoms in total. The van der Waals surface area contributed by atoms with E-state index in [4.69, 9.17) is 16.3 Å². The summed E-state index contributed by atoms with van der Waals surface area (Å²) < 4.78 is 6.72. The molecule has 0 aliphatic carbocycles. The number of hydrogen-bond donors (Lipinski definition) is 0. The van der Waals surface area contributed by atoms with E-state index in [-0.39, 0.29) is 11.9 Å². The van der Waals surface area contributed by atoms with Crippen LogP contribution in [0.5, 0.6) is 0 Å². The smallest absolute Gasteiger partial charge is 0.344 e. The van der Waals surface area contributed by atoms with E-state index in [1.54, 1.807) is 18.1 Å². The molecule has 0 unspecified atom stereocenters. The summed E-state index contributed by atoms with van der Waals surface area (Å²) in [5, 5.41) is 4.90. The van der Waals surface area contributed by atoms with Gasteiger partial charge in [0.2, 0.25) is 5.91 Å². The summed E-state index contributed by atoms with van der Waals surface area (Å²) in [4.78, 5) is 32.1. The first-order chi connectivity index (χ1) is 15.4. The third-order valence-electron chi connectivity index (χ3n) is 6.07. The minimum Gasteiger partial charge on any atom is -0.378 e. The van der Waals surface area contributed by atoms with Crippen molar-refractivity contribution in [1.82, 2.24) is 19.6 Å². The molecule has 2 aliphatic rings. The highest BCUT2D eigenvalue weighted by atomic mass is 35.5. The molecule has 0 bridgehead atoms. The van der Waals surface area contributed by atoms with Crippen molar-refractivity contribution >= 4 is 34.9 Å². The van der Waals surface area contributed by atoms with Gasteiger partial charge in [0, 0.05) is 70.5 Å². The van der Waals surface area contributed by atoms with Gasteiger partial charge in [-0.2, -0.15) is 9.78 Å². The second-order valence-corrected chi connectivity index (χ2v) is 8.55. The molecule has 2 fully saturated rings. The first-order valence-electron chi connectivity index (χ1n) is 10.8. The highest BCUT2D eigenvalue weighted by Crippen LogP contribution is 2.26. The summed E-state index contributed by atoms with van der Waals surface area (Å²) in [5.41, 5.74) is 2.82. The predicted octanol–water partition coefficient (Wildman–Crippen LogP) is 2.14. The van der Waals surface area contributed by atoms with Crippen LogP contribution in [0.15, 0.2) is 30.6 Å². The highest BCUT2D eigenvalue weighted by molar-refractivity contribution is 6.31. The molecule has 2 amide bonds. The number of carbonyl (C=O) groups excluding carboxylic acids is 2. The number of ether oxygens (including phenoxy) is 1. The Kier molecular flexibility index (Phi) is 6.98. The van der Waals surface area contributed by atoms with Crippen molar-refractivity contribution in [2.45, 2.75) is 13.5 Å². The van der Waals surface area contributed by atoms with Gasteiger partial charge in [-0.1, -0.05) is 17.7 Å². The fraction of sp³-hybridized carbons (Fsp3) is 0.500. The van der Waals surface area contributed by atoms with E-state index in [0.29, 0.717) is 18.8 Å². The molecule has 0 spiro atoms. The predicted molar refractivity (Wildman–Crippen MR) is 123 cm³/mol. The summed E-state index contributed by atoms with van der Waals surface area (Å²) >= 11 is 6.59. The molecule has 0 N–H and O–H groups in total. The Morgan fingerprint density at radius 3 is 2.50 bits per heavy atom. The number of halogens is 1. The number of anilines is 2. The molecule has 32 heavy (non-hydrogen) atoms. The zero-order valence-corrected chi connectivity index (χ0v) is 19.3. The number of amides is 2. The van der Waals surface area contributed by atoms with E-state index >= 15 is 0 Å². The Hall–Kier alpha value is -2.62. The van der Waals surface area contributed by atoms with E-state index < -0.39 is 0 Å². The maximum absolute atomic E-state index is 12.8. The first kappa shape index (κ1) is 22.6. The monoisotopic (exact) mass is 460 g/mol. The van der Waals surface area contributed by atoms with Gasteiger partial charge in [0.15, 0.2) is 0 Å². The van der Waals surface area contributed by atoms with E-state index in [9.17, 15) is 9.59 Å². The van der Waals surface area contributed by atoms with Gasteiger partial charge in [-0.25, -0.2) is 4.79 Å². The number of hydrogen-bond acceptors (Lipinski definition) is 6. The second kappa shape index (κ2) is 9.89. The van der Waals surface area contributed by atoms with Crippen molar-refractivity contribution < 1.29 is 14.3 Å². The molecule has 0 atom stereocenters. The van der Waals surface area contributed by atoms with Gasteiger partial charge in [0.05, 0.1) is 31.3 Å². The molecule has 2 saturated heterocycles. The van der Waals surface area contributed by atoms with E-state index in [1.807, 2.05) is 6.07 Å². The molecule has 1 aromatic carbocycles. The zero-order chi connectivity index (χ0) is 22.7. The third kappa shape index (κ3) is 5.06. The Morgan fingerprint density at radius 2 is 1.84 bits per heavy atom. The van der Waals surface area contributed by atoms with Gasteiger partial charge in [-0.15, -0.1) is 0 Å². The molecule has 10 heteroatoms. The summed E-state index contributed by atoms with van der Waals surface area (Å²) in [7, 11) is 1.66. The average molecular weight is 461 g/mol. The van der Waals surface area contributed by atoms with Crippen molar-refractivity contribution in [3.8, 4) is 0 Å². The second-order valence-electron chi connectivity index (χ2n) is 8.14. The molecule has 2 aromatic rings. The fourth-order valence-electron chi connectivity index (χ4n) is 3.94. The summed E-state index contributed by atoms with van der Waals surface area (Å²) in [6.45, 7) is 8.22. The fourth-order valence-corrected chi connectivity index (χ4v) is 4.17. The SMILES string of the molecule is CC(=O)N(C)c1cnn(C(=O)N2CCN(Cc3ccc(N4CCOCC4)cc3Cl)CC2)c1. The van der Waals surface area contributed by atoms with Crippen molar-refractivity contribution in [2.75, 3.05) is 69.3 Å². The molecule has 1 aromatic heterocycles. The van der Waals surface area contributed by atoms with Crippen molar-refractivity contribution in [1.29, 1.82) is 0 Å². The van der Waals surface area contributed by atoms with Gasteiger partial charge in [-0.05, 0) is 17.7 Å². The maximum atomic E-state index is 12.8. The Labute approximate surface area is 193 Å². The molecular weight excluding hydrogens is 432 g/mol. The highest BCUT2D eigenvalue weighted by Gasteiger charge is 2.24. The van der Waals surface area contributed by atoms with Gasteiger partial charge in [0.1, 0.15) is 0 Å². The van der Waals surface area contributed by atoms with Crippen LogP contribution in [0.2, 0.25) is 5.02 Å². The first-order valence-corrected chi connectivity index (χ1v) is 11.2. The largest absolute Gasteiger partial charge is 0.378 e. The van der Waals surface area contributed by atoms with Crippen LogP contribution < -0.4 is 9.80 Å². The lowest BCUT2D eigenvalue weighted by atomic mass is 10.1. The summed E-state index contributed by atoms with van der Waals surface area (Å²) in [6.07, 6.45) is 3.12. The van der Waals surface area contributed by atoms with Crippen molar-refractivity contribution in [2.24, 2.45) is 0 Å². The van der Waals surface area contributed by atoms with Gasteiger partial charge in [0.25, 0.3) is 0 Å². The summed E-state index contributed by atoms with van der Waals surface area (Å²) in [6, 6.07) is 6.08. The summed E-state index contributed by atoms with van der Waals surface area (Å²) in [5.74, 6) is -0.109. The Morgan fingerprint density at radius 1 is 1.12 bits per heavy atom. The number of rotatable bonds is 4. The van der Waals surface area contributed by atoms with E-state index in [1.165, 1.54) is 22.7 Å². The molecule has 3 heterocycles. The van der Waals surface area contributed by atoms with Crippen LogP contribution in [-0.4, -0.2) is 91.0 Å². The van der Waals surface area contributed by atoms with Crippen LogP contribution in [-0.2, 0) is 16.1 Å². The van der Waals surface area contributed by atoms with Gasteiger partial charge < -0.3 is 19.4 Å². The lowest BCUT2D eigenvalue weighted by Crippen LogP contribution is -2.49. The number of nitrogens with zero attached hydrogens (tertiary/aromatic N) is 6. The van der Waals surface area contributed by atoms with Crippen molar-refractivity contribution in [3.05, 3.63) is 41.2 Å². The molecule has 4 rings (SSSR count). The lowest BCUT2D eigenvalue weighted by Gasteiger charge is -2.34. The van der Waals surface area contributed by atoms with E-state index in [2.05, 4.69) is 27.0 Å². The molecular formula is C22H29ClN6O3. The number of piperazine rings is 1. The molecule has 0 saturated carbocycles. The normalized spacial score (nSPS) is 17.5. The Balaban J connectivity index is 1.31. The van der Waals surface area contributed by atoms with Crippen molar-refractivity contribution in [3.63, 3.8) is 0 Å². The number of morpholine rings is 1. The number of benzene rings is 1. The van der Waals surface area contributed by atoms with E-state index in [0.717, 1.165) is 62.2 Å². The van der Waals surface area contributed by atoms with Gasteiger partial charge in [-0.3, -0.25) is 9.69 Å².